The van der Waals surface area contributed by atoms with Gasteiger partial charge in [-0.25, -0.2) is 4.98 Å². The van der Waals surface area contributed by atoms with Crippen molar-refractivity contribution < 1.29 is 9.66 Å². The molecule has 0 aliphatic heterocycles. The van der Waals surface area contributed by atoms with E-state index in [1.165, 1.54) is 29.9 Å². The largest absolute Gasteiger partial charge is 0.468 e. The van der Waals surface area contributed by atoms with E-state index in [4.69, 9.17) is 4.74 Å². The summed E-state index contributed by atoms with van der Waals surface area (Å²) in [5.74, 6) is 0. The highest BCUT2D eigenvalue weighted by Crippen LogP contribution is 2.15. The van der Waals surface area contributed by atoms with E-state index < -0.39 is 4.92 Å². The summed E-state index contributed by atoms with van der Waals surface area (Å²) < 4.78 is 6.40. The molecule has 2 aromatic rings. The second-order valence-electron chi connectivity index (χ2n) is 4.24. The van der Waals surface area contributed by atoms with Crippen LogP contribution in [-0.2, 0) is 6.54 Å². The Hall–Kier alpha value is -2.70. The van der Waals surface area contributed by atoms with Crippen molar-refractivity contribution in [2.45, 2.75) is 13.5 Å². The van der Waals surface area contributed by atoms with E-state index in [9.17, 15) is 14.9 Å². The van der Waals surface area contributed by atoms with E-state index in [0.717, 1.165) is 0 Å². The Kier molecular flexibility index (Phi) is 3.79. The Morgan fingerprint density at radius 3 is 2.80 bits per heavy atom. The number of non-ortho nitro benzene ring substituents is 1. The Morgan fingerprint density at radius 1 is 1.40 bits per heavy atom. The molecule has 104 valence electrons. The van der Waals surface area contributed by atoms with Crippen LogP contribution in [0, 0.1) is 17.0 Å². The number of nitro groups is 1. The van der Waals surface area contributed by atoms with Gasteiger partial charge in [0.05, 0.1) is 18.6 Å². The predicted octanol–water partition coefficient (Wildman–Crippen LogP) is 1.52. The van der Waals surface area contributed by atoms with Crippen molar-refractivity contribution in [3.8, 4) is 6.01 Å². The SMILES string of the molecule is COc1nc(C)cc(=O)n1Cc1cccc([N+](=O)[O-])c1. The number of nitrogens with zero attached hydrogens (tertiary/aromatic N) is 3. The summed E-state index contributed by atoms with van der Waals surface area (Å²) >= 11 is 0. The van der Waals surface area contributed by atoms with Crippen molar-refractivity contribution >= 4 is 5.69 Å². The van der Waals surface area contributed by atoms with Gasteiger partial charge in [-0.05, 0) is 12.5 Å². The number of rotatable bonds is 4. The van der Waals surface area contributed by atoms with Crippen molar-refractivity contribution in [2.75, 3.05) is 7.11 Å². The van der Waals surface area contributed by atoms with Crippen LogP contribution in [0.25, 0.3) is 0 Å². The minimum absolute atomic E-state index is 0.0189. The van der Waals surface area contributed by atoms with Gasteiger partial charge in [0, 0.05) is 23.9 Å². The third-order valence-electron chi connectivity index (χ3n) is 2.75. The van der Waals surface area contributed by atoms with Crippen LogP contribution in [0.3, 0.4) is 0 Å². The summed E-state index contributed by atoms with van der Waals surface area (Å²) in [6.45, 7) is 1.86. The molecule has 2 rings (SSSR count). The van der Waals surface area contributed by atoms with Crippen molar-refractivity contribution in [3.63, 3.8) is 0 Å². The Balaban J connectivity index is 2.42. The minimum atomic E-state index is -0.475. The molecule has 0 atom stereocenters. The van der Waals surface area contributed by atoms with E-state index in [-0.39, 0.29) is 23.8 Å². The van der Waals surface area contributed by atoms with Gasteiger partial charge in [-0.3, -0.25) is 19.5 Å². The summed E-state index contributed by atoms with van der Waals surface area (Å²) in [7, 11) is 1.42. The number of hydrogen-bond acceptors (Lipinski definition) is 5. The zero-order valence-electron chi connectivity index (χ0n) is 11.1. The first kappa shape index (κ1) is 13.7. The molecule has 0 fully saturated rings. The molecule has 0 aliphatic carbocycles. The molecule has 1 aromatic heterocycles. The summed E-state index contributed by atoms with van der Waals surface area (Å²) in [4.78, 5) is 26.3. The fraction of sp³-hybridized carbons (Fsp3) is 0.231. The molecule has 0 amide bonds. The summed E-state index contributed by atoms with van der Waals surface area (Å²) in [6.07, 6.45) is 0. The molecule has 7 nitrogen and oxygen atoms in total. The molecule has 0 saturated carbocycles. The first-order valence-corrected chi connectivity index (χ1v) is 5.87. The molecule has 0 N–H and O–H groups in total. The smallest absolute Gasteiger partial charge is 0.299 e. The highest BCUT2D eigenvalue weighted by molar-refractivity contribution is 5.34. The fourth-order valence-electron chi connectivity index (χ4n) is 1.85. The van der Waals surface area contributed by atoms with Gasteiger partial charge in [0.2, 0.25) is 0 Å². The van der Waals surface area contributed by atoms with Crippen LogP contribution in [0.4, 0.5) is 5.69 Å². The highest BCUT2D eigenvalue weighted by atomic mass is 16.6. The van der Waals surface area contributed by atoms with Crippen LogP contribution in [-0.4, -0.2) is 21.6 Å². The van der Waals surface area contributed by atoms with Gasteiger partial charge in [-0.2, -0.15) is 0 Å². The lowest BCUT2D eigenvalue weighted by molar-refractivity contribution is -0.384. The molecule has 0 spiro atoms. The topological polar surface area (TPSA) is 87.3 Å². The number of nitro benzene ring substituents is 1. The lowest BCUT2D eigenvalue weighted by Crippen LogP contribution is -2.23. The molecule has 0 unspecified atom stereocenters. The average molecular weight is 275 g/mol. The summed E-state index contributed by atoms with van der Waals surface area (Å²) in [6, 6.07) is 7.68. The number of hydrogen-bond donors (Lipinski definition) is 0. The molecule has 1 heterocycles. The molecule has 0 bridgehead atoms. The van der Waals surface area contributed by atoms with E-state index in [1.54, 1.807) is 19.1 Å². The second-order valence-corrected chi connectivity index (χ2v) is 4.24. The number of benzene rings is 1. The standard InChI is InChI=1S/C13H13N3O4/c1-9-6-12(17)15(13(14-9)20-2)8-10-4-3-5-11(7-10)16(18)19/h3-7H,8H2,1-2H3. The van der Waals surface area contributed by atoms with Crippen LogP contribution >= 0.6 is 0 Å². The van der Waals surface area contributed by atoms with Gasteiger partial charge < -0.3 is 4.74 Å². The van der Waals surface area contributed by atoms with Crippen LogP contribution in [0.1, 0.15) is 11.3 Å². The Morgan fingerprint density at radius 2 is 2.15 bits per heavy atom. The molecular weight excluding hydrogens is 262 g/mol. The first-order chi connectivity index (χ1) is 9.51. The molecule has 1 aromatic carbocycles. The molecular formula is C13H13N3O4. The molecule has 20 heavy (non-hydrogen) atoms. The maximum absolute atomic E-state index is 12.0. The van der Waals surface area contributed by atoms with Crippen molar-refractivity contribution in [1.82, 2.24) is 9.55 Å². The Labute approximate surface area is 114 Å². The molecule has 0 radical (unpaired) electrons. The zero-order valence-corrected chi connectivity index (χ0v) is 11.1. The van der Waals surface area contributed by atoms with Crippen LogP contribution in [0.2, 0.25) is 0 Å². The maximum atomic E-state index is 12.0. The average Bonchev–Trinajstić information content (AvgIpc) is 2.41. The van der Waals surface area contributed by atoms with Gasteiger partial charge >= 0.3 is 0 Å². The molecule has 0 saturated heterocycles. The van der Waals surface area contributed by atoms with Crippen molar-refractivity contribution in [2.24, 2.45) is 0 Å². The first-order valence-electron chi connectivity index (χ1n) is 5.87. The van der Waals surface area contributed by atoms with Gasteiger partial charge in [0.1, 0.15) is 0 Å². The van der Waals surface area contributed by atoms with Gasteiger partial charge in [0.25, 0.3) is 17.3 Å². The zero-order chi connectivity index (χ0) is 14.7. The lowest BCUT2D eigenvalue weighted by Gasteiger charge is -2.10. The minimum Gasteiger partial charge on any atom is -0.468 e. The number of methoxy groups -OCH3 is 1. The summed E-state index contributed by atoms with van der Waals surface area (Å²) in [5, 5.41) is 10.7. The third kappa shape index (κ3) is 2.82. The monoisotopic (exact) mass is 275 g/mol. The van der Waals surface area contributed by atoms with E-state index in [0.29, 0.717) is 11.3 Å². The van der Waals surface area contributed by atoms with Crippen LogP contribution in [0.15, 0.2) is 35.1 Å². The number of aryl methyl sites for hydroxylation is 1. The number of ether oxygens (including phenoxy) is 1. The maximum Gasteiger partial charge on any atom is 0.299 e. The second kappa shape index (κ2) is 5.52. The Bertz CT molecular complexity index is 709. The van der Waals surface area contributed by atoms with Gasteiger partial charge in [-0.1, -0.05) is 12.1 Å². The van der Waals surface area contributed by atoms with Gasteiger partial charge in [-0.15, -0.1) is 0 Å². The lowest BCUT2D eigenvalue weighted by atomic mass is 10.2. The number of aromatic nitrogens is 2. The van der Waals surface area contributed by atoms with Crippen LogP contribution in [0.5, 0.6) is 6.01 Å². The van der Waals surface area contributed by atoms with Crippen LogP contribution < -0.4 is 10.3 Å². The van der Waals surface area contributed by atoms with E-state index >= 15 is 0 Å². The normalized spacial score (nSPS) is 10.3. The third-order valence-corrected chi connectivity index (χ3v) is 2.75. The van der Waals surface area contributed by atoms with E-state index in [1.807, 2.05) is 0 Å². The predicted molar refractivity (Wildman–Crippen MR) is 72.0 cm³/mol. The molecule has 7 heteroatoms. The highest BCUT2D eigenvalue weighted by Gasteiger charge is 2.10. The van der Waals surface area contributed by atoms with Crippen molar-refractivity contribution in [3.05, 3.63) is 62.1 Å². The van der Waals surface area contributed by atoms with Gasteiger partial charge in [0.15, 0.2) is 0 Å². The van der Waals surface area contributed by atoms with Crippen molar-refractivity contribution in [1.29, 1.82) is 0 Å². The quantitative estimate of drug-likeness (QED) is 0.623. The fourth-order valence-corrected chi connectivity index (χ4v) is 1.85. The summed E-state index contributed by atoms with van der Waals surface area (Å²) in [5.41, 5.74) is 0.905. The molecule has 0 aliphatic rings. The van der Waals surface area contributed by atoms with E-state index in [2.05, 4.69) is 4.98 Å².